The lowest BCUT2D eigenvalue weighted by Crippen LogP contribution is -2.46. The first kappa shape index (κ1) is 11.3. The van der Waals surface area contributed by atoms with Crippen LogP contribution in [-0.2, 0) is 0 Å². The van der Waals surface area contributed by atoms with Crippen LogP contribution in [0.15, 0.2) is 4.99 Å². The molecule has 0 aromatic heterocycles. The molecule has 0 aliphatic rings. The molecule has 0 aromatic rings. The number of rotatable bonds is 0. The summed E-state index contributed by atoms with van der Waals surface area (Å²) in [4.78, 5) is 4.28. The molecule has 0 saturated heterocycles. The van der Waals surface area contributed by atoms with Gasteiger partial charge >= 0.3 is 0 Å². The second-order valence-corrected chi connectivity index (χ2v) is 5.04. The van der Waals surface area contributed by atoms with Crippen LogP contribution < -0.4 is 11.1 Å². The fourth-order valence-electron chi connectivity index (χ4n) is 0.774. The summed E-state index contributed by atoms with van der Waals surface area (Å²) in [6, 6.07) is 0. The summed E-state index contributed by atoms with van der Waals surface area (Å²) in [6.07, 6.45) is 0. The van der Waals surface area contributed by atoms with E-state index in [4.69, 9.17) is 5.73 Å². The first-order valence-corrected chi connectivity index (χ1v) is 4.24. The highest BCUT2D eigenvalue weighted by molar-refractivity contribution is 5.78. The van der Waals surface area contributed by atoms with Gasteiger partial charge in [-0.25, -0.2) is 4.99 Å². The lowest BCUT2D eigenvalue weighted by molar-refractivity contribution is 0.498. The van der Waals surface area contributed by atoms with Crippen molar-refractivity contribution in [2.24, 2.45) is 10.7 Å². The molecule has 0 aliphatic carbocycles. The molecule has 0 aliphatic heterocycles. The molecule has 0 amide bonds. The molecule has 0 spiro atoms. The van der Waals surface area contributed by atoms with Crippen molar-refractivity contribution in [2.45, 2.75) is 52.6 Å². The Labute approximate surface area is 75.4 Å². The van der Waals surface area contributed by atoms with E-state index >= 15 is 0 Å². The maximum Gasteiger partial charge on any atom is 0.189 e. The molecule has 0 bridgehead atoms. The minimum Gasteiger partial charge on any atom is -0.370 e. The van der Waals surface area contributed by atoms with Gasteiger partial charge in [0.1, 0.15) is 0 Å². The van der Waals surface area contributed by atoms with E-state index in [9.17, 15) is 0 Å². The lowest BCUT2D eigenvalue weighted by Gasteiger charge is -2.23. The van der Waals surface area contributed by atoms with Gasteiger partial charge in [0.25, 0.3) is 0 Å². The Balaban J connectivity index is 4.23. The molecular weight excluding hydrogens is 150 g/mol. The molecule has 3 heteroatoms. The van der Waals surface area contributed by atoms with Gasteiger partial charge in [0.2, 0.25) is 0 Å². The summed E-state index contributed by atoms with van der Waals surface area (Å²) in [5, 5.41) is 3.10. The zero-order chi connectivity index (χ0) is 9.99. The monoisotopic (exact) mass is 171 g/mol. The standard InChI is InChI=1S/C9H21N3/c1-8(2,3)11-7(10)12-9(4,5)6/h1-6H3,(H3,10,11,12). The number of hydrogen-bond donors (Lipinski definition) is 2. The third kappa shape index (κ3) is 7.38. The van der Waals surface area contributed by atoms with Gasteiger partial charge in [-0.2, -0.15) is 0 Å². The maximum absolute atomic E-state index is 5.68. The van der Waals surface area contributed by atoms with Crippen molar-refractivity contribution in [1.82, 2.24) is 5.32 Å². The molecular formula is C9H21N3. The van der Waals surface area contributed by atoms with E-state index in [2.05, 4.69) is 31.1 Å². The van der Waals surface area contributed by atoms with Crippen LogP contribution in [0.2, 0.25) is 0 Å². The third-order valence-electron chi connectivity index (χ3n) is 0.959. The van der Waals surface area contributed by atoms with E-state index in [1.54, 1.807) is 0 Å². The van der Waals surface area contributed by atoms with Crippen molar-refractivity contribution in [3.63, 3.8) is 0 Å². The first-order chi connectivity index (χ1) is 5.10. The Kier molecular flexibility index (Phi) is 3.13. The van der Waals surface area contributed by atoms with Gasteiger partial charge in [0.15, 0.2) is 5.96 Å². The predicted octanol–water partition coefficient (Wildman–Crippen LogP) is 1.49. The van der Waals surface area contributed by atoms with Crippen LogP contribution in [0.25, 0.3) is 0 Å². The predicted molar refractivity (Wildman–Crippen MR) is 54.3 cm³/mol. The highest BCUT2D eigenvalue weighted by atomic mass is 15.1. The van der Waals surface area contributed by atoms with Crippen molar-refractivity contribution in [3.8, 4) is 0 Å². The molecule has 0 unspecified atom stereocenters. The molecule has 3 nitrogen and oxygen atoms in total. The largest absolute Gasteiger partial charge is 0.370 e. The van der Waals surface area contributed by atoms with Crippen LogP contribution in [0.1, 0.15) is 41.5 Å². The smallest absolute Gasteiger partial charge is 0.189 e. The number of nitrogens with two attached hydrogens (primary N) is 1. The summed E-state index contributed by atoms with van der Waals surface area (Å²) in [7, 11) is 0. The van der Waals surface area contributed by atoms with Crippen molar-refractivity contribution in [3.05, 3.63) is 0 Å². The highest BCUT2D eigenvalue weighted by Gasteiger charge is 2.13. The second kappa shape index (κ2) is 3.33. The van der Waals surface area contributed by atoms with Gasteiger partial charge < -0.3 is 11.1 Å². The SMILES string of the molecule is CC(C)(C)N=C(N)NC(C)(C)C. The summed E-state index contributed by atoms with van der Waals surface area (Å²) in [5.41, 5.74) is 5.56. The van der Waals surface area contributed by atoms with Crippen LogP contribution in [0, 0.1) is 0 Å². The summed E-state index contributed by atoms with van der Waals surface area (Å²) in [5.74, 6) is 0.509. The van der Waals surface area contributed by atoms with Gasteiger partial charge in [-0.1, -0.05) is 0 Å². The van der Waals surface area contributed by atoms with Crippen molar-refractivity contribution >= 4 is 5.96 Å². The molecule has 0 fully saturated rings. The van der Waals surface area contributed by atoms with Crippen LogP contribution in [0.4, 0.5) is 0 Å². The molecule has 72 valence electrons. The van der Waals surface area contributed by atoms with E-state index in [1.165, 1.54) is 0 Å². The van der Waals surface area contributed by atoms with E-state index < -0.39 is 0 Å². The molecule has 0 heterocycles. The fourth-order valence-corrected chi connectivity index (χ4v) is 0.774. The van der Waals surface area contributed by atoms with Crippen molar-refractivity contribution in [1.29, 1.82) is 0 Å². The van der Waals surface area contributed by atoms with Gasteiger partial charge in [-0.3, -0.25) is 0 Å². The molecule has 12 heavy (non-hydrogen) atoms. The molecule has 0 atom stereocenters. The van der Waals surface area contributed by atoms with Crippen LogP contribution in [-0.4, -0.2) is 17.0 Å². The van der Waals surface area contributed by atoms with E-state index in [0.29, 0.717) is 5.96 Å². The first-order valence-electron chi connectivity index (χ1n) is 4.24. The van der Waals surface area contributed by atoms with Gasteiger partial charge in [-0.05, 0) is 41.5 Å². The van der Waals surface area contributed by atoms with E-state index in [-0.39, 0.29) is 11.1 Å². The van der Waals surface area contributed by atoms with Crippen LogP contribution >= 0.6 is 0 Å². The third-order valence-corrected chi connectivity index (χ3v) is 0.959. The number of nitrogens with zero attached hydrogens (tertiary/aromatic N) is 1. The summed E-state index contributed by atoms with van der Waals surface area (Å²) in [6.45, 7) is 12.2. The molecule has 0 radical (unpaired) electrons. The second-order valence-electron chi connectivity index (χ2n) is 5.04. The fraction of sp³-hybridized carbons (Fsp3) is 0.889. The molecule has 0 saturated carbocycles. The van der Waals surface area contributed by atoms with Crippen molar-refractivity contribution in [2.75, 3.05) is 0 Å². The Morgan fingerprint density at radius 2 is 1.50 bits per heavy atom. The Hall–Kier alpha value is -0.730. The Bertz CT molecular complexity index is 169. The number of hydrogen-bond acceptors (Lipinski definition) is 1. The van der Waals surface area contributed by atoms with Gasteiger partial charge in [0, 0.05) is 5.54 Å². The number of guanidine groups is 1. The Morgan fingerprint density at radius 3 is 1.75 bits per heavy atom. The number of aliphatic imine (C=N–C) groups is 1. The zero-order valence-electron chi connectivity index (χ0n) is 9.02. The van der Waals surface area contributed by atoms with Gasteiger partial charge in [-0.15, -0.1) is 0 Å². The topological polar surface area (TPSA) is 50.4 Å². The average Bonchev–Trinajstić information content (AvgIpc) is 1.49. The normalized spacial score (nSPS) is 14.7. The number of nitrogens with one attached hydrogen (secondary N) is 1. The van der Waals surface area contributed by atoms with Crippen LogP contribution in [0.3, 0.4) is 0 Å². The molecule has 0 rings (SSSR count). The van der Waals surface area contributed by atoms with E-state index in [0.717, 1.165) is 0 Å². The minimum absolute atomic E-state index is 0.0150. The quantitative estimate of drug-likeness (QED) is 0.428. The lowest BCUT2D eigenvalue weighted by atomic mass is 10.1. The Morgan fingerprint density at radius 1 is 1.08 bits per heavy atom. The average molecular weight is 171 g/mol. The zero-order valence-corrected chi connectivity index (χ0v) is 9.02. The molecule has 0 aromatic carbocycles. The minimum atomic E-state index is -0.109. The maximum atomic E-state index is 5.68. The van der Waals surface area contributed by atoms with Crippen molar-refractivity contribution < 1.29 is 0 Å². The van der Waals surface area contributed by atoms with Crippen LogP contribution in [0.5, 0.6) is 0 Å². The summed E-state index contributed by atoms with van der Waals surface area (Å²) >= 11 is 0. The highest BCUT2D eigenvalue weighted by Crippen LogP contribution is 2.06. The van der Waals surface area contributed by atoms with E-state index in [1.807, 2.05) is 20.8 Å². The summed E-state index contributed by atoms with van der Waals surface area (Å²) < 4.78 is 0. The van der Waals surface area contributed by atoms with Gasteiger partial charge in [0.05, 0.1) is 5.54 Å². The molecule has 3 N–H and O–H groups in total.